The van der Waals surface area contributed by atoms with Gasteiger partial charge in [-0.1, -0.05) is 41.9 Å². The summed E-state index contributed by atoms with van der Waals surface area (Å²) in [5.41, 5.74) is 2.10. The number of carboxylic acid groups (broad SMARTS) is 1. The maximum absolute atomic E-state index is 10.7. The molecule has 2 aromatic rings. The molecule has 110 valence electrons. The summed E-state index contributed by atoms with van der Waals surface area (Å²) < 4.78 is 5.74. The van der Waals surface area contributed by atoms with E-state index in [1.165, 1.54) is 0 Å². The zero-order valence-corrected chi connectivity index (χ0v) is 12.5. The fourth-order valence-corrected chi connectivity index (χ4v) is 2.32. The molecule has 0 spiro atoms. The minimum Gasteiger partial charge on any atom is -0.490 e. The molecular formula is C17H17ClO3. The van der Waals surface area contributed by atoms with E-state index in [0.717, 1.165) is 11.1 Å². The van der Waals surface area contributed by atoms with Crippen molar-refractivity contribution in [1.29, 1.82) is 0 Å². The van der Waals surface area contributed by atoms with E-state index < -0.39 is 12.1 Å². The van der Waals surface area contributed by atoms with Gasteiger partial charge in [-0.3, -0.25) is 4.79 Å². The number of ether oxygens (including phenoxy) is 1. The van der Waals surface area contributed by atoms with E-state index >= 15 is 0 Å². The molecular weight excluding hydrogens is 288 g/mol. The lowest BCUT2D eigenvalue weighted by Crippen LogP contribution is -2.17. The first-order chi connectivity index (χ1) is 10.0. The Morgan fingerprint density at radius 3 is 2.62 bits per heavy atom. The van der Waals surface area contributed by atoms with Crippen LogP contribution in [0.3, 0.4) is 0 Å². The Balaban J connectivity index is 2.19. The summed E-state index contributed by atoms with van der Waals surface area (Å²) in [7, 11) is 0. The zero-order valence-electron chi connectivity index (χ0n) is 11.8. The summed E-state index contributed by atoms with van der Waals surface area (Å²) in [5.74, 6) is -0.196. The van der Waals surface area contributed by atoms with Crippen LogP contribution >= 0.6 is 11.6 Å². The smallest absolute Gasteiger partial charge is 0.307 e. The molecule has 1 atom stereocenters. The summed E-state index contributed by atoms with van der Waals surface area (Å²) in [6.07, 6.45) is 0.266. The lowest BCUT2D eigenvalue weighted by atomic mass is 10.0. The van der Waals surface area contributed by atoms with E-state index in [-0.39, 0.29) is 6.42 Å². The second-order valence-electron chi connectivity index (χ2n) is 4.94. The van der Waals surface area contributed by atoms with Crippen molar-refractivity contribution in [2.24, 2.45) is 0 Å². The van der Waals surface area contributed by atoms with Crippen LogP contribution in [0.2, 0.25) is 5.02 Å². The number of benzene rings is 2. The molecule has 0 radical (unpaired) electrons. The van der Waals surface area contributed by atoms with E-state index in [1.54, 1.807) is 19.1 Å². The van der Waals surface area contributed by atoms with Crippen LogP contribution in [0.5, 0.6) is 5.75 Å². The third-order valence-electron chi connectivity index (χ3n) is 3.05. The minimum absolute atomic E-state index is 0.0343. The average Bonchev–Trinajstić information content (AvgIpc) is 2.42. The van der Waals surface area contributed by atoms with Crippen molar-refractivity contribution in [2.75, 3.05) is 0 Å². The lowest BCUT2D eigenvalue weighted by Gasteiger charge is -2.16. The molecule has 0 heterocycles. The molecule has 2 rings (SSSR count). The molecule has 0 aliphatic rings. The van der Waals surface area contributed by atoms with Crippen LogP contribution < -0.4 is 4.74 Å². The predicted molar refractivity (Wildman–Crippen MR) is 83.0 cm³/mol. The highest BCUT2D eigenvalue weighted by molar-refractivity contribution is 6.30. The molecule has 0 bridgehead atoms. The average molecular weight is 305 g/mol. The standard InChI is InChI=1S/C17H17ClO3/c1-12(9-17(19)20)21-16-8-7-15(18)11-14(16)10-13-5-3-2-4-6-13/h2-8,11-12H,9-10H2,1H3,(H,19,20)/t12-/m0/s1. The van der Waals surface area contributed by atoms with Gasteiger partial charge >= 0.3 is 5.97 Å². The van der Waals surface area contributed by atoms with Gasteiger partial charge in [0.05, 0.1) is 6.42 Å². The van der Waals surface area contributed by atoms with Crippen molar-refractivity contribution in [3.8, 4) is 5.75 Å². The first kappa shape index (κ1) is 15.4. The highest BCUT2D eigenvalue weighted by Crippen LogP contribution is 2.26. The normalized spacial score (nSPS) is 11.9. The summed E-state index contributed by atoms with van der Waals surface area (Å²) in [5, 5.41) is 9.45. The number of halogens is 1. The van der Waals surface area contributed by atoms with E-state index in [9.17, 15) is 4.79 Å². The number of hydrogen-bond acceptors (Lipinski definition) is 2. The second kappa shape index (κ2) is 7.14. The Morgan fingerprint density at radius 1 is 1.24 bits per heavy atom. The highest BCUT2D eigenvalue weighted by atomic mass is 35.5. The molecule has 0 aliphatic heterocycles. The summed E-state index contributed by atoms with van der Waals surface area (Å²) in [6.45, 7) is 1.75. The van der Waals surface area contributed by atoms with Gasteiger partial charge in [-0.15, -0.1) is 0 Å². The number of carboxylic acids is 1. The second-order valence-corrected chi connectivity index (χ2v) is 5.38. The number of hydrogen-bond donors (Lipinski definition) is 1. The summed E-state index contributed by atoms with van der Waals surface area (Å²) in [4.78, 5) is 10.7. The van der Waals surface area contributed by atoms with E-state index in [2.05, 4.69) is 0 Å². The van der Waals surface area contributed by atoms with Crippen LogP contribution in [0.15, 0.2) is 48.5 Å². The van der Waals surface area contributed by atoms with Crippen LogP contribution in [0, 0.1) is 0 Å². The van der Waals surface area contributed by atoms with E-state index in [4.69, 9.17) is 21.4 Å². The van der Waals surface area contributed by atoms with Crippen LogP contribution in [0.25, 0.3) is 0 Å². The SMILES string of the molecule is C[C@@H](CC(=O)O)Oc1ccc(Cl)cc1Cc1ccccc1. The highest BCUT2D eigenvalue weighted by Gasteiger charge is 2.12. The maximum atomic E-state index is 10.7. The van der Waals surface area contributed by atoms with Crippen molar-refractivity contribution in [2.45, 2.75) is 25.9 Å². The van der Waals surface area contributed by atoms with Gasteiger partial charge in [-0.2, -0.15) is 0 Å². The van der Waals surface area contributed by atoms with Crippen LogP contribution in [-0.4, -0.2) is 17.2 Å². The third-order valence-corrected chi connectivity index (χ3v) is 3.29. The molecule has 0 aliphatic carbocycles. The molecule has 4 heteroatoms. The van der Waals surface area contributed by atoms with E-state index in [1.807, 2.05) is 36.4 Å². The Bertz CT molecular complexity index is 611. The van der Waals surface area contributed by atoms with E-state index in [0.29, 0.717) is 17.2 Å². The third kappa shape index (κ3) is 4.80. The minimum atomic E-state index is -0.874. The Labute approximate surface area is 129 Å². The Morgan fingerprint density at radius 2 is 1.95 bits per heavy atom. The Hall–Kier alpha value is -2.00. The van der Waals surface area contributed by atoms with Gasteiger partial charge in [-0.05, 0) is 36.2 Å². The van der Waals surface area contributed by atoms with Gasteiger partial charge in [0, 0.05) is 11.4 Å². The maximum Gasteiger partial charge on any atom is 0.307 e. The molecule has 0 saturated heterocycles. The Kier molecular flexibility index (Phi) is 5.23. The molecule has 0 aromatic heterocycles. The number of rotatable bonds is 6. The van der Waals surface area contributed by atoms with Gasteiger partial charge in [-0.25, -0.2) is 0 Å². The molecule has 1 N–H and O–H groups in total. The summed E-state index contributed by atoms with van der Waals surface area (Å²) in [6, 6.07) is 15.4. The molecule has 2 aromatic carbocycles. The van der Waals surface area contributed by atoms with Gasteiger partial charge in [0.15, 0.2) is 0 Å². The van der Waals surface area contributed by atoms with Gasteiger partial charge in [0.1, 0.15) is 11.9 Å². The van der Waals surface area contributed by atoms with Gasteiger partial charge < -0.3 is 9.84 Å². The van der Waals surface area contributed by atoms with Crippen LogP contribution in [-0.2, 0) is 11.2 Å². The lowest BCUT2D eigenvalue weighted by molar-refractivity contribution is -0.138. The fourth-order valence-electron chi connectivity index (χ4n) is 2.12. The molecule has 0 saturated carbocycles. The van der Waals surface area contributed by atoms with Gasteiger partial charge in [0.2, 0.25) is 0 Å². The summed E-state index contributed by atoms with van der Waals surface area (Å²) >= 11 is 6.05. The van der Waals surface area contributed by atoms with Crippen LogP contribution in [0.1, 0.15) is 24.5 Å². The molecule has 0 fully saturated rings. The molecule has 3 nitrogen and oxygen atoms in total. The largest absolute Gasteiger partial charge is 0.490 e. The quantitative estimate of drug-likeness (QED) is 0.871. The predicted octanol–water partition coefficient (Wildman–Crippen LogP) is 4.17. The topological polar surface area (TPSA) is 46.5 Å². The van der Waals surface area contributed by atoms with Crippen LogP contribution in [0.4, 0.5) is 0 Å². The molecule has 0 unspecified atom stereocenters. The van der Waals surface area contributed by atoms with Crippen molar-refractivity contribution < 1.29 is 14.6 Å². The molecule has 21 heavy (non-hydrogen) atoms. The van der Waals surface area contributed by atoms with Crippen molar-refractivity contribution in [1.82, 2.24) is 0 Å². The fraction of sp³-hybridized carbons (Fsp3) is 0.235. The zero-order chi connectivity index (χ0) is 15.2. The van der Waals surface area contributed by atoms with Crippen molar-refractivity contribution in [3.63, 3.8) is 0 Å². The first-order valence-electron chi connectivity index (χ1n) is 6.75. The van der Waals surface area contributed by atoms with Crippen molar-refractivity contribution >= 4 is 17.6 Å². The number of aliphatic carboxylic acids is 1. The number of carbonyl (C=O) groups is 1. The van der Waals surface area contributed by atoms with Gasteiger partial charge in [0.25, 0.3) is 0 Å². The first-order valence-corrected chi connectivity index (χ1v) is 7.13. The van der Waals surface area contributed by atoms with Crippen molar-refractivity contribution in [3.05, 3.63) is 64.7 Å². The molecule has 0 amide bonds. The monoisotopic (exact) mass is 304 g/mol.